The summed E-state index contributed by atoms with van der Waals surface area (Å²) in [5.41, 5.74) is -2.78. The predicted molar refractivity (Wildman–Crippen MR) is 57.4 cm³/mol. The average molecular weight is 287 g/mol. The number of hydrogen-bond acceptors (Lipinski definition) is 4. The Morgan fingerprint density at radius 3 is 2.39 bits per heavy atom. The fourth-order valence-corrected chi connectivity index (χ4v) is 1.51. The van der Waals surface area contributed by atoms with E-state index >= 15 is 0 Å². The number of likely N-dealkylation sites (N-methyl/N-ethyl adjacent to an activating group) is 1. The van der Waals surface area contributed by atoms with Crippen LogP contribution in [0.5, 0.6) is 0 Å². The van der Waals surface area contributed by atoms with Crippen LogP contribution in [-0.2, 0) is 12.7 Å². The van der Waals surface area contributed by atoms with E-state index in [1.165, 1.54) is 0 Å². The molecule has 0 unspecified atom stereocenters. The Kier molecular flexibility index (Phi) is 4.17. The first-order valence-electron chi connectivity index (χ1n) is 4.77. The van der Waals surface area contributed by atoms with E-state index in [9.17, 15) is 23.3 Å². The second kappa shape index (κ2) is 5.11. The summed E-state index contributed by atoms with van der Waals surface area (Å²) >= 11 is 5.55. The van der Waals surface area contributed by atoms with Crippen LogP contribution in [0, 0.1) is 10.1 Å². The molecule has 10 heteroatoms. The molecule has 18 heavy (non-hydrogen) atoms. The van der Waals surface area contributed by atoms with Crippen LogP contribution < -0.4 is 0 Å². The van der Waals surface area contributed by atoms with E-state index in [-0.39, 0.29) is 6.54 Å². The van der Waals surface area contributed by atoms with Gasteiger partial charge >= 0.3 is 11.9 Å². The van der Waals surface area contributed by atoms with Gasteiger partial charge in [0.15, 0.2) is 0 Å². The summed E-state index contributed by atoms with van der Waals surface area (Å²) in [6.45, 7) is 0.388. The standard InChI is InChI=1S/C8H10ClF3N4O2/c1-14(2)3-4-15-7(9)5(16(17)18)6(13-15)8(10,11)12/h3-4H2,1-2H3. The molecule has 1 heterocycles. The summed E-state index contributed by atoms with van der Waals surface area (Å²) < 4.78 is 38.4. The Bertz CT molecular complexity index is 458. The van der Waals surface area contributed by atoms with Gasteiger partial charge in [-0.3, -0.25) is 10.1 Å². The second-order valence-corrected chi connectivity index (χ2v) is 4.13. The summed E-state index contributed by atoms with van der Waals surface area (Å²) in [6, 6.07) is 0. The van der Waals surface area contributed by atoms with Crippen molar-refractivity contribution in [2.24, 2.45) is 0 Å². The summed E-state index contributed by atoms with van der Waals surface area (Å²) in [5, 5.41) is 13.1. The number of nitrogens with zero attached hydrogens (tertiary/aromatic N) is 4. The third-order valence-corrected chi connectivity index (χ3v) is 2.45. The zero-order chi connectivity index (χ0) is 14.1. The smallest absolute Gasteiger partial charge is 0.308 e. The van der Waals surface area contributed by atoms with Crippen LogP contribution in [0.2, 0.25) is 5.15 Å². The first-order valence-corrected chi connectivity index (χ1v) is 5.15. The molecular formula is C8H10ClF3N4O2. The van der Waals surface area contributed by atoms with Crippen LogP contribution in [0.25, 0.3) is 0 Å². The lowest BCUT2D eigenvalue weighted by molar-refractivity contribution is -0.388. The van der Waals surface area contributed by atoms with Crippen molar-refractivity contribution in [1.82, 2.24) is 14.7 Å². The van der Waals surface area contributed by atoms with Gasteiger partial charge in [-0.1, -0.05) is 11.6 Å². The van der Waals surface area contributed by atoms with Crippen LogP contribution in [0.15, 0.2) is 0 Å². The van der Waals surface area contributed by atoms with E-state index in [1.54, 1.807) is 19.0 Å². The molecular weight excluding hydrogens is 277 g/mol. The quantitative estimate of drug-likeness (QED) is 0.627. The van der Waals surface area contributed by atoms with Gasteiger partial charge in [-0.2, -0.15) is 18.3 Å². The van der Waals surface area contributed by atoms with Crippen LogP contribution in [0.3, 0.4) is 0 Å². The summed E-state index contributed by atoms with van der Waals surface area (Å²) in [4.78, 5) is 11.1. The molecule has 102 valence electrons. The molecule has 1 aromatic heterocycles. The molecule has 0 spiro atoms. The first-order chi connectivity index (χ1) is 8.14. The topological polar surface area (TPSA) is 64.2 Å². The molecule has 0 aliphatic heterocycles. The normalized spacial score (nSPS) is 12.2. The maximum Gasteiger partial charge on any atom is 0.442 e. The van der Waals surface area contributed by atoms with Crippen molar-refractivity contribution in [3.63, 3.8) is 0 Å². The summed E-state index contributed by atoms with van der Waals surface area (Å²) in [6.07, 6.45) is -4.91. The Hall–Kier alpha value is -1.35. The van der Waals surface area contributed by atoms with Crippen molar-refractivity contribution in [2.75, 3.05) is 20.6 Å². The predicted octanol–water partition coefficient (Wildman–Crippen LogP) is 2.03. The van der Waals surface area contributed by atoms with Gasteiger partial charge in [-0.25, -0.2) is 4.68 Å². The molecule has 0 radical (unpaired) electrons. The molecule has 1 aromatic rings. The van der Waals surface area contributed by atoms with Gasteiger partial charge in [0.2, 0.25) is 10.8 Å². The molecule has 0 saturated heterocycles. The number of halogens is 4. The van der Waals surface area contributed by atoms with Gasteiger partial charge in [0, 0.05) is 6.54 Å². The molecule has 0 N–H and O–H groups in total. The Balaban J connectivity index is 3.20. The van der Waals surface area contributed by atoms with Gasteiger partial charge in [0.25, 0.3) is 0 Å². The highest BCUT2D eigenvalue weighted by Crippen LogP contribution is 2.39. The molecule has 0 aromatic carbocycles. The molecule has 0 fully saturated rings. The van der Waals surface area contributed by atoms with Crippen molar-refractivity contribution in [3.05, 3.63) is 21.0 Å². The number of rotatable bonds is 4. The highest BCUT2D eigenvalue weighted by atomic mass is 35.5. The van der Waals surface area contributed by atoms with E-state index in [0.717, 1.165) is 4.68 Å². The second-order valence-electron chi connectivity index (χ2n) is 3.77. The number of hydrogen-bond donors (Lipinski definition) is 0. The zero-order valence-electron chi connectivity index (χ0n) is 9.53. The maximum atomic E-state index is 12.6. The van der Waals surface area contributed by atoms with E-state index in [0.29, 0.717) is 6.54 Å². The third-order valence-electron chi connectivity index (χ3n) is 2.08. The molecule has 0 amide bonds. The van der Waals surface area contributed by atoms with Gasteiger partial charge < -0.3 is 4.90 Å². The minimum Gasteiger partial charge on any atom is -0.308 e. The molecule has 0 bridgehead atoms. The Labute approximate surface area is 105 Å². The van der Waals surface area contributed by atoms with Crippen LogP contribution in [0.4, 0.5) is 18.9 Å². The van der Waals surface area contributed by atoms with E-state index in [4.69, 9.17) is 11.6 Å². The number of alkyl halides is 3. The SMILES string of the molecule is CN(C)CCn1nc(C(F)(F)F)c([N+](=O)[O-])c1Cl. The largest absolute Gasteiger partial charge is 0.442 e. The lowest BCUT2D eigenvalue weighted by atomic mass is 10.4. The number of nitro groups is 1. The molecule has 0 atom stereocenters. The van der Waals surface area contributed by atoms with Crippen LogP contribution in [-0.4, -0.2) is 40.2 Å². The monoisotopic (exact) mass is 286 g/mol. The van der Waals surface area contributed by atoms with Crippen molar-refractivity contribution in [3.8, 4) is 0 Å². The molecule has 0 saturated carbocycles. The van der Waals surface area contributed by atoms with Crippen molar-refractivity contribution < 1.29 is 18.1 Å². The molecule has 1 rings (SSSR count). The van der Waals surface area contributed by atoms with Crippen molar-refractivity contribution in [1.29, 1.82) is 0 Å². The minimum absolute atomic E-state index is 0.0305. The lowest BCUT2D eigenvalue weighted by Crippen LogP contribution is -2.19. The Morgan fingerprint density at radius 1 is 1.50 bits per heavy atom. The molecule has 0 aliphatic carbocycles. The van der Waals surface area contributed by atoms with E-state index in [2.05, 4.69) is 5.10 Å². The number of aromatic nitrogens is 2. The minimum atomic E-state index is -4.91. The van der Waals surface area contributed by atoms with Gasteiger partial charge in [0.05, 0.1) is 11.5 Å². The summed E-state index contributed by atoms with van der Waals surface area (Å²) in [5.74, 6) is 0. The van der Waals surface area contributed by atoms with Crippen LogP contribution >= 0.6 is 11.6 Å². The van der Waals surface area contributed by atoms with E-state index < -0.39 is 27.6 Å². The first kappa shape index (κ1) is 14.7. The highest BCUT2D eigenvalue weighted by Gasteiger charge is 2.44. The molecule has 0 aliphatic rings. The van der Waals surface area contributed by atoms with E-state index in [1.807, 2.05) is 0 Å². The third kappa shape index (κ3) is 3.10. The summed E-state index contributed by atoms with van der Waals surface area (Å²) in [7, 11) is 3.41. The highest BCUT2D eigenvalue weighted by molar-refractivity contribution is 6.31. The fraction of sp³-hybridized carbons (Fsp3) is 0.625. The lowest BCUT2D eigenvalue weighted by Gasteiger charge is -2.09. The van der Waals surface area contributed by atoms with Crippen molar-refractivity contribution in [2.45, 2.75) is 12.7 Å². The average Bonchev–Trinajstić information content (AvgIpc) is 2.52. The fourth-order valence-electron chi connectivity index (χ4n) is 1.23. The maximum absolute atomic E-state index is 12.6. The Morgan fingerprint density at radius 2 is 2.06 bits per heavy atom. The van der Waals surface area contributed by atoms with Gasteiger partial charge in [0.1, 0.15) is 0 Å². The van der Waals surface area contributed by atoms with Crippen molar-refractivity contribution >= 4 is 17.3 Å². The zero-order valence-corrected chi connectivity index (χ0v) is 10.3. The van der Waals surface area contributed by atoms with Gasteiger partial charge in [-0.05, 0) is 14.1 Å². The van der Waals surface area contributed by atoms with Crippen LogP contribution in [0.1, 0.15) is 5.69 Å². The molecule has 6 nitrogen and oxygen atoms in total. The van der Waals surface area contributed by atoms with Gasteiger partial charge in [-0.15, -0.1) is 0 Å².